The summed E-state index contributed by atoms with van der Waals surface area (Å²) in [7, 11) is 1.85. The first-order chi connectivity index (χ1) is 10.0. The van der Waals surface area contributed by atoms with E-state index < -0.39 is 0 Å². The van der Waals surface area contributed by atoms with E-state index in [2.05, 4.69) is 36.4 Å². The maximum Gasteiger partial charge on any atom is 0.244 e. The zero-order valence-electron chi connectivity index (χ0n) is 12.7. The molecule has 1 heterocycles. The van der Waals surface area contributed by atoms with Gasteiger partial charge in [0.05, 0.1) is 6.20 Å². The number of amides is 1. The van der Waals surface area contributed by atoms with Crippen LogP contribution in [0.4, 0.5) is 0 Å². The zero-order valence-corrected chi connectivity index (χ0v) is 12.7. The molecule has 2 rings (SSSR count). The Kier molecular flexibility index (Phi) is 4.93. The van der Waals surface area contributed by atoms with Gasteiger partial charge in [0.1, 0.15) is 0 Å². The molecule has 0 bridgehead atoms. The van der Waals surface area contributed by atoms with Crippen molar-refractivity contribution in [2.45, 2.75) is 26.3 Å². The Morgan fingerprint density at radius 3 is 2.62 bits per heavy atom. The largest absolute Gasteiger partial charge is 0.348 e. The Morgan fingerprint density at radius 2 is 2.05 bits per heavy atom. The first kappa shape index (κ1) is 15.0. The number of carbonyl (C=O) groups is 1. The number of nitrogens with one attached hydrogen (secondary N) is 1. The van der Waals surface area contributed by atoms with Crippen LogP contribution in [-0.2, 0) is 18.4 Å². The number of aromatic nitrogens is 2. The highest BCUT2D eigenvalue weighted by Crippen LogP contribution is 2.15. The molecule has 0 spiro atoms. The monoisotopic (exact) mass is 283 g/mol. The van der Waals surface area contributed by atoms with E-state index >= 15 is 0 Å². The number of hydrogen-bond acceptors (Lipinski definition) is 2. The van der Waals surface area contributed by atoms with Gasteiger partial charge in [0.2, 0.25) is 5.91 Å². The van der Waals surface area contributed by atoms with Crippen LogP contribution in [0.25, 0.3) is 6.08 Å². The van der Waals surface area contributed by atoms with Crippen LogP contribution in [0.2, 0.25) is 0 Å². The highest BCUT2D eigenvalue weighted by atomic mass is 16.1. The van der Waals surface area contributed by atoms with Crippen LogP contribution in [0.5, 0.6) is 0 Å². The molecule has 1 amide bonds. The molecular formula is C17H21N3O. The summed E-state index contributed by atoms with van der Waals surface area (Å²) < 4.78 is 1.72. The third kappa shape index (κ3) is 4.60. The van der Waals surface area contributed by atoms with E-state index in [4.69, 9.17) is 0 Å². The fraction of sp³-hybridized carbons (Fsp3) is 0.294. The normalized spacial score (nSPS) is 11.2. The van der Waals surface area contributed by atoms with Gasteiger partial charge >= 0.3 is 0 Å². The summed E-state index contributed by atoms with van der Waals surface area (Å²) in [6.45, 7) is 4.82. The maximum atomic E-state index is 11.7. The quantitative estimate of drug-likeness (QED) is 0.858. The van der Waals surface area contributed by atoms with Gasteiger partial charge < -0.3 is 5.32 Å². The molecule has 4 nitrogen and oxygen atoms in total. The molecular weight excluding hydrogens is 262 g/mol. The molecule has 0 aliphatic rings. The minimum absolute atomic E-state index is 0.105. The van der Waals surface area contributed by atoms with Crippen molar-refractivity contribution in [3.05, 3.63) is 59.4 Å². The van der Waals surface area contributed by atoms with Gasteiger partial charge in [-0.25, -0.2) is 0 Å². The van der Waals surface area contributed by atoms with Crippen molar-refractivity contribution in [1.29, 1.82) is 0 Å². The third-order valence-electron chi connectivity index (χ3n) is 3.26. The zero-order chi connectivity index (χ0) is 15.2. The van der Waals surface area contributed by atoms with E-state index in [0.29, 0.717) is 12.5 Å². The Hall–Kier alpha value is -2.36. The third-order valence-corrected chi connectivity index (χ3v) is 3.26. The molecule has 0 radical (unpaired) electrons. The lowest BCUT2D eigenvalue weighted by atomic mass is 10.0. The molecule has 1 aromatic heterocycles. The Morgan fingerprint density at radius 1 is 1.33 bits per heavy atom. The second-order valence-corrected chi connectivity index (χ2v) is 5.39. The van der Waals surface area contributed by atoms with Crippen LogP contribution in [0.1, 0.15) is 36.5 Å². The van der Waals surface area contributed by atoms with Crippen molar-refractivity contribution < 1.29 is 4.79 Å². The van der Waals surface area contributed by atoms with Gasteiger partial charge in [-0.1, -0.05) is 38.1 Å². The number of hydrogen-bond donors (Lipinski definition) is 1. The minimum Gasteiger partial charge on any atom is -0.348 e. The Bertz CT molecular complexity index is 624. The van der Waals surface area contributed by atoms with Gasteiger partial charge in [-0.15, -0.1) is 0 Å². The van der Waals surface area contributed by atoms with Gasteiger partial charge in [-0.3, -0.25) is 9.48 Å². The second-order valence-electron chi connectivity index (χ2n) is 5.39. The SMILES string of the molecule is CC(C)c1ccc(/C=C/C(=O)NCc2cnn(C)c2)cc1. The van der Waals surface area contributed by atoms with Crippen LogP contribution >= 0.6 is 0 Å². The summed E-state index contributed by atoms with van der Waals surface area (Å²) in [4.78, 5) is 11.7. The molecule has 0 saturated heterocycles. The van der Waals surface area contributed by atoms with Crippen LogP contribution < -0.4 is 5.32 Å². The van der Waals surface area contributed by atoms with E-state index in [1.54, 1.807) is 17.0 Å². The molecule has 110 valence electrons. The van der Waals surface area contributed by atoms with E-state index in [9.17, 15) is 4.79 Å². The van der Waals surface area contributed by atoms with Gasteiger partial charge in [-0.2, -0.15) is 5.10 Å². The van der Waals surface area contributed by atoms with E-state index in [1.165, 1.54) is 5.56 Å². The number of carbonyl (C=O) groups excluding carboxylic acids is 1. The van der Waals surface area contributed by atoms with Gasteiger partial charge in [0.15, 0.2) is 0 Å². The summed E-state index contributed by atoms with van der Waals surface area (Å²) in [5, 5.41) is 6.89. The Labute approximate surface area is 125 Å². The lowest BCUT2D eigenvalue weighted by molar-refractivity contribution is -0.116. The highest BCUT2D eigenvalue weighted by Gasteiger charge is 2.00. The van der Waals surface area contributed by atoms with E-state index in [1.807, 2.05) is 31.5 Å². The highest BCUT2D eigenvalue weighted by molar-refractivity contribution is 5.91. The van der Waals surface area contributed by atoms with Crippen molar-refractivity contribution in [3.8, 4) is 0 Å². The van der Waals surface area contributed by atoms with Crippen LogP contribution in [-0.4, -0.2) is 15.7 Å². The maximum absolute atomic E-state index is 11.7. The molecule has 21 heavy (non-hydrogen) atoms. The first-order valence-corrected chi connectivity index (χ1v) is 7.08. The topological polar surface area (TPSA) is 46.9 Å². The lowest BCUT2D eigenvalue weighted by Crippen LogP contribution is -2.19. The lowest BCUT2D eigenvalue weighted by Gasteiger charge is -2.04. The van der Waals surface area contributed by atoms with E-state index in [-0.39, 0.29) is 5.91 Å². The molecule has 0 unspecified atom stereocenters. The minimum atomic E-state index is -0.105. The molecule has 1 aromatic carbocycles. The number of benzene rings is 1. The average molecular weight is 283 g/mol. The van der Waals surface area contributed by atoms with E-state index in [0.717, 1.165) is 11.1 Å². The summed E-state index contributed by atoms with van der Waals surface area (Å²) in [5.41, 5.74) is 3.31. The predicted octanol–water partition coefficient (Wildman–Crippen LogP) is 2.87. The van der Waals surface area contributed by atoms with Crippen LogP contribution in [0.3, 0.4) is 0 Å². The summed E-state index contributed by atoms with van der Waals surface area (Å²) in [6.07, 6.45) is 7.01. The van der Waals surface area contributed by atoms with Crippen molar-refractivity contribution >= 4 is 12.0 Å². The average Bonchev–Trinajstić information content (AvgIpc) is 2.89. The fourth-order valence-corrected chi connectivity index (χ4v) is 1.98. The summed E-state index contributed by atoms with van der Waals surface area (Å²) in [6, 6.07) is 8.25. The van der Waals surface area contributed by atoms with Crippen LogP contribution in [0, 0.1) is 0 Å². The van der Waals surface area contributed by atoms with Gasteiger partial charge in [0, 0.05) is 31.4 Å². The molecule has 0 saturated carbocycles. The standard InChI is InChI=1S/C17H21N3O/c1-13(2)16-7-4-14(5-8-16)6-9-17(21)18-10-15-11-19-20(3)12-15/h4-9,11-13H,10H2,1-3H3,(H,18,21)/b9-6+. The number of nitrogens with zero attached hydrogens (tertiary/aromatic N) is 2. The molecule has 1 N–H and O–H groups in total. The van der Waals surface area contributed by atoms with Gasteiger partial charge in [0.25, 0.3) is 0 Å². The van der Waals surface area contributed by atoms with Crippen molar-refractivity contribution in [2.24, 2.45) is 7.05 Å². The van der Waals surface area contributed by atoms with Crippen LogP contribution in [0.15, 0.2) is 42.7 Å². The number of rotatable bonds is 5. The molecule has 0 aliphatic carbocycles. The molecule has 4 heteroatoms. The molecule has 0 fully saturated rings. The molecule has 0 aliphatic heterocycles. The second kappa shape index (κ2) is 6.88. The Balaban J connectivity index is 1.86. The molecule has 2 aromatic rings. The van der Waals surface area contributed by atoms with Gasteiger partial charge in [-0.05, 0) is 23.1 Å². The fourth-order valence-electron chi connectivity index (χ4n) is 1.98. The predicted molar refractivity (Wildman–Crippen MR) is 84.6 cm³/mol. The first-order valence-electron chi connectivity index (χ1n) is 7.08. The molecule has 0 atom stereocenters. The smallest absolute Gasteiger partial charge is 0.244 e. The summed E-state index contributed by atoms with van der Waals surface area (Å²) >= 11 is 0. The summed E-state index contributed by atoms with van der Waals surface area (Å²) in [5.74, 6) is 0.414. The van der Waals surface area contributed by atoms with Crippen molar-refractivity contribution in [2.75, 3.05) is 0 Å². The van der Waals surface area contributed by atoms with Crippen molar-refractivity contribution in [1.82, 2.24) is 15.1 Å². The number of aryl methyl sites for hydroxylation is 1. The van der Waals surface area contributed by atoms with Crippen molar-refractivity contribution in [3.63, 3.8) is 0 Å².